The van der Waals surface area contributed by atoms with E-state index in [0.717, 1.165) is 0 Å². The van der Waals surface area contributed by atoms with Crippen molar-refractivity contribution in [2.24, 2.45) is 17.6 Å². The second-order valence-electron chi connectivity index (χ2n) is 4.58. The monoisotopic (exact) mass is 284 g/mol. The maximum Gasteiger partial charge on any atom is 0.394 e. The smallest absolute Gasteiger partial charge is 0.369 e. The lowest BCUT2D eigenvalue weighted by molar-refractivity contribution is -0.181. The average molecular weight is 284 g/mol. The summed E-state index contributed by atoms with van der Waals surface area (Å²) in [5.74, 6) is -4.02. The Kier molecular flexibility index (Phi) is 3.53. The topological polar surface area (TPSA) is 83.0 Å². The van der Waals surface area contributed by atoms with Gasteiger partial charge in [-0.15, -0.1) is 0 Å². The molecular weight excluding hydrogens is 273 g/mol. The van der Waals surface area contributed by atoms with Gasteiger partial charge in [0, 0.05) is 13.1 Å². The molecule has 0 aromatic carbocycles. The number of aromatic nitrogens is 1. The maximum atomic E-state index is 12.9. The summed E-state index contributed by atoms with van der Waals surface area (Å²) in [5.41, 5.74) is 5.65. The van der Waals surface area contributed by atoms with Gasteiger partial charge >= 0.3 is 6.18 Å². The highest BCUT2D eigenvalue weighted by Gasteiger charge is 2.51. The maximum absolute atomic E-state index is 12.9. The van der Waals surface area contributed by atoms with Crippen molar-refractivity contribution in [3.05, 3.63) is 24.0 Å². The molecule has 0 aliphatic carbocycles. The van der Waals surface area contributed by atoms with Gasteiger partial charge in [-0.25, -0.2) is 4.98 Å². The van der Waals surface area contributed by atoms with Crippen LogP contribution in [0.4, 0.5) is 18.9 Å². The highest BCUT2D eigenvalue weighted by molar-refractivity contribution is 5.78. The molecule has 0 unspecified atom stereocenters. The summed E-state index contributed by atoms with van der Waals surface area (Å²) < 4.78 is 38.7. The van der Waals surface area contributed by atoms with Crippen LogP contribution in [0.15, 0.2) is 18.3 Å². The second-order valence-corrected chi connectivity index (χ2v) is 4.58. The first-order valence-electron chi connectivity index (χ1n) is 5.80. The molecule has 1 fully saturated rings. The molecule has 0 spiro atoms. The number of pyridine rings is 1. The number of alkyl halides is 3. The van der Waals surface area contributed by atoms with Gasteiger partial charge in [-0.3, -0.25) is 4.79 Å². The first-order valence-corrected chi connectivity index (χ1v) is 5.80. The zero-order valence-corrected chi connectivity index (χ0v) is 10.3. The van der Waals surface area contributed by atoms with Crippen molar-refractivity contribution in [2.75, 3.05) is 18.0 Å². The Morgan fingerprint density at radius 2 is 2.15 bits per heavy atom. The summed E-state index contributed by atoms with van der Waals surface area (Å²) in [7, 11) is 0. The zero-order valence-electron chi connectivity index (χ0n) is 10.3. The van der Waals surface area contributed by atoms with Crippen LogP contribution in [-0.2, 0) is 4.79 Å². The van der Waals surface area contributed by atoms with Crippen molar-refractivity contribution in [1.82, 2.24) is 4.98 Å². The number of nitriles is 1. The van der Waals surface area contributed by atoms with Crippen LogP contribution in [-0.4, -0.2) is 30.2 Å². The summed E-state index contributed by atoms with van der Waals surface area (Å²) in [6.07, 6.45) is -3.16. The third kappa shape index (κ3) is 2.66. The molecule has 2 atom stereocenters. The van der Waals surface area contributed by atoms with Crippen LogP contribution in [0.1, 0.15) is 5.69 Å². The van der Waals surface area contributed by atoms with Crippen molar-refractivity contribution in [2.45, 2.75) is 6.18 Å². The molecule has 1 saturated heterocycles. The number of hydrogen-bond donors (Lipinski definition) is 1. The summed E-state index contributed by atoms with van der Waals surface area (Å²) >= 11 is 0. The Balaban J connectivity index is 2.23. The number of hydrogen-bond acceptors (Lipinski definition) is 4. The summed E-state index contributed by atoms with van der Waals surface area (Å²) in [5, 5.41) is 8.62. The lowest BCUT2D eigenvalue weighted by Crippen LogP contribution is -2.37. The Bertz CT molecular complexity index is 549. The van der Waals surface area contributed by atoms with Crippen LogP contribution < -0.4 is 10.6 Å². The highest BCUT2D eigenvalue weighted by atomic mass is 19.4. The van der Waals surface area contributed by atoms with E-state index in [1.807, 2.05) is 6.07 Å². The molecule has 2 heterocycles. The molecule has 5 nitrogen and oxygen atoms in total. The minimum atomic E-state index is -4.48. The average Bonchev–Trinajstić information content (AvgIpc) is 2.84. The van der Waals surface area contributed by atoms with E-state index in [0.29, 0.717) is 5.69 Å². The van der Waals surface area contributed by atoms with Crippen LogP contribution in [0, 0.1) is 23.2 Å². The predicted octanol–water partition coefficient (Wildman–Crippen LogP) is 1.05. The van der Waals surface area contributed by atoms with Gasteiger partial charge in [0.25, 0.3) is 0 Å². The van der Waals surface area contributed by atoms with Crippen molar-refractivity contribution in [3.63, 3.8) is 0 Å². The van der Waals surface area contributed by atoms with E-state index in [-0.39, 0.29) is 18.8 Å². The second kappa shape index (κ2) is 5.00. The fraction of sp³-hybridized carbons (Fsp3) is 0.417. The van der Waals surface area contributed by atoms with E-state index >= 15 is 0 Å². The first-order chi connectivity index (χ1) is 9.32. The number of anilines is 1. The number of nitrogens with zero attached hydrogens (tertiary/aromatic N) is 3. The molecule has 20 heavy (non-hydrogen) atoms. The van der Waals surface area contributed by atoms with E-state index in [4.69, 9.17) is 11.0 Å². The molecule has 1 aliphatic rings. The molecular formula is C12H11F3N4O. The van der Waals surface area contributed by atoms with Gasteiger partial charge in [-0.2, -0.15) is 18.4 Å². The number of halogens is 3. The van der Waals surface area contributed by atoms with Crippen LogP contribution in [0.5, 0.6) is 0 Å². The lowest BCUT2D eigenvalue weighted by atomic mass is 9.95. The Morgan fingerprint density at radius 3 is 2.55 bits per heavy atom. The number of carbonyl (C=O) groups is 1. The summed E-state index contributed by atoms with van der Waals surface area (Å²) in [6.45, 7) is -0.447. The third-order valence-corrected chi connectivity index (χ3v) is 3.33. The largest absolute Gasteiger partial charge is 0.394 e. The fourth-order valence-electron chi connectivity index (χ4n) is 2.27. The molecule has 0 radical (unpaired) electrons. The number of nitrogens with two attached hydrogens (primary N) is 1. The summed E-state index contributed by atoms with van der Waals surface area (Å²) in [4.78, 5) is 16.4. The molecule has 0 saturated carbocycles. The van der Waals surface area contributed by atoms with Crippen LogP contribution >= 0.6 is 0 Å². The Hall–Kier alpha value is -2.30. The summed E-state index contributed by atoms with van der Waals surface area (Å²) in [6, 6.07) is 4.74. The number of rotatable bonds is 2. The van der Waals surface area contributed by atoms with E-state index in [1.54, 1.807) is 0 Å². The van der Waals surface area contributed by atoms with Gasteiger partial charge in [-0.1, -0.05) is 0 Å². The van der Waals surface area contributed by atoms with Crippen molar-refractivity contribution in [3.8, 4) is 6.07 Å². The van der Waals surface area contributed by atoms with Crippen molar-refractivity contribution in [1.29, 1.82) is 5.26 Å². The van der Waals surface area contributed by atoms with Gasteiger partial charge in [0.05, 0.1) is 23.7 Å². The number of primary amides is 1. The molecule has 1 aromatic heterocycles. The van der Waals surface area contributed by atoms with E-state index < -0.39 is 23.9 Å². The lowest BCUT2D eigenvalue weighted by Gasteiger charge is -2.19. The van der Waals surface area contributed by atoms with Crippen LogP contribution in [0.3, 0.4) is 0 Å². The minimum absolute atomic E-state index is 0.104. The standard InChI is InChI=1S/C12H11F3N4O/c13-12(14,15)10-6-19(5-9(10)11(17)20)8-2-1-7(3-16)18-4-8/h1-2,4,9-10H,5-6H2,(H2,17,20)/t9-,10-/m1/s1. The van der Waals surface area contributed by atoms with Gasteiger partial charge in [0.2, 0.25) is 5.91 Å². The normalized spacial score (nSPS) is 22.6. The third-order valence-electron chi connectivity index (χ3n) is 3.33. The van der Waals surface area contributed by atoms with E-state index in [1.165, 1.54) is 23.2 Å². The van der Waals surface area contributed by atoms with E-state index in [9.17, 15) is 18.0 Å². The molecule has 2 N–H and O–H groups in total. The SMILES string of the molecule is N#Cc1ccc(N2C[C@@H](C(F)(F)F)[C@H](C(N)=O)C2)cn1. The zero-order chi connectivity index (χ0) is 14.9. The van der Waals surface area contributed by atoms with Gasteiger partial charge in [0.15, 0.2) is 0 Å². The first kappa shape index (κ1) is 14.1. The van der Waals surface area contributed by atoms with E-state index in [2.05, 4.69) is 4.98 Å². The van der Waals surface area contributed by atoms with Gasteiger partial charge < -0.3 is 10.6 Å². The van der Waals surface area contributed by atoms with Crippen LogP contribution in [0.2, 0.25) is 0 Å². The molecule has 106 valence electrons. The number of carbonyl (C=O) groups excluding carboxylic acids is 1. The van der Waals surface area contributed by atoms with Gasteiger partial charge in [0.1, 0.15) is 11.8 Å². The highest BCUT2D eigenvalue weighted by Crippen LogP contribution is 2.38. The molecule has 1 amide bonds. The Morgan fingerprint density at radius 1 is 1.45 bits per heavy atom. The predicted molar refractivity (Wildman–Crippen MR) is 63.4 cm³/mol. The van der Waals surface area contributed by atoms with Crippen LogP contribution in [0.25, 0.3) is 0 Å². The fourth-order valence-corrected chi connectivity index (χ4v) is 2.27. The quantitative estimate of drug-likeness (QED) is 0.880. The van der Waals surface area contributed by atoms with Crippen molar-refractivity contribution < 1.29 is 18.0 Å². The van der Waals surface area contributed by atoms with Crippen molar-refractivity contribution >= 4 is 11.6 Å². The number of amides is 1. The Labute approximate surface area is 112 Å². The molecule has 1 aliphatic heterocycles. The molecule has 1 aromatic rings. The minimum Gasteiger partial charge on any atom is -0.369 e. The molecule has 2 rings (SSSR count). The molecule has 8 heteroatoms. The van der Waals surface area contributed by atoms with Gasteiger partial charge in [-0.05, 0) is 12.1 Å². The molecule has 0 bridgehead atoms.